The fourth-order valence-corrected chi connectivity index (χ4v) is 4.84. The number of nitrogens with two attached hydrogens (primary N) is 1. The van der Waals surface area contributed by atoms with E-state index in [1.54, 1.807) is 18.2 Å². The van der Waals surface area contributed by atoms with E-state index in [2.05, 4.69) is 4.72 Å². The summed E-state index contributed by atoms with van der Waals surface area (Å²) in [5.41, 5.74) is 6.77. The lowest BCUT2D eigenvalue weighted by Gasteiger charge is -2.23. The lowest BCUT2D eigenvalue weighted by molar-refractivity contribution is 0.288. The maximum Gasteiger partial charge on any atom is 0.240 e. The number of halogens is 1. The molecule has 1 fully saturated rings. The average Bonchev–Trinajstić information content (AvgIpc) is 3.06. The molecule has 0 amide bonds. The number of ether oxygens (including phenoxy) is 1. The van der Waals surface area contributed by atoms with Crippen LogP contribution in [0.25, 0.3) is 0 Å². The molecule has 1 heterocycles. The van der Waals surface area contributed by atoms with Crippen molar-refractivity contribution in [1.29, 1.82) is 0 Å². The zero-order valence-corrected chi connectivity index (χ0v) is 14.8. The van der Waals surface area contributed by atoms with E-state index in [0.717, 1.165) is 37.0 Å². The van der Waals surface area contributed by atoms with Crippen LogP contribution in [-0.2, 0) is 16.4 Å². The molecule has 2 aliphatic rings. The first-order valence-electron chi connectivity index (χ1n) is 8.08. The van der Waals surface area contributed by atoms with Crippen molar-refractivity contribution in [1.82, 2.24) is 4.72 Å². The summed E-state index contributed by atoms with van der Waals surface area (Å²) in [6.45, 7) is 1.05. The molecule has 1 aliphatic carbocycles. The van der Waals surface area contributed by atoms with Crippen LogP contribution in [0.2, 0.25) is 0 Å². The van der Waals surface area contributed by atoms with Gasteiger partial charge in [0, 0.05) is 12.6 Å². The maximum atomic E-state index is 12.6. The second-order valence-electron chi connectivity index (χ2n) is 6.23. The van der Waals surface area contributed by atoms with Gasteiger partial charge in [0.1, 0.15) is 5.75 Å². The molecular formula is C16H25ClN2O3S. The fourth-order valence-electron chi connectivity index (χ4n) is 3.47. The first-order chi connectivity index (χ1) is 10.6. The molecule has 0 aromatic heterocycles. The van der Waals surface area contributed by atoms with Crippen LogP contribution in [0.5, 0.6) is 5.75 Å². The van der Waals surface area contributed by atoms with Gasteiger partial charge in [-0.1, -0.05) is 12.8 Å². The third-order valence-corrected chi connectivity index (χ3v) is 6.21. The van der Waals surface area contributed by atoms with Gasteiger partial charge in [-0.25, -0.2) is 13.1 Å². The highest BCUT2D eigenvalue weighted by Gasteiger charge is 2.28. The summed E-state index contributed by atoms with van der Waals surface area (Å²) < 4.78 is 33.6. The number of aryl methyl sites for hydroxylation is 1. The fraction of sp³-hybridized carbons (Fsp3) is 0.625. The summed E-state index contributed by atoms with van der Waals surface area (Å²) in [6.07, 6.45) is 6.24. The van der Waals surface area contributed by atoms with E-state index in [9.17, 15) is 8.42 Å². The summed E-state index contributed by atoms with van der Waals surface area (Å²) in [4.78, 5) is 0.313. The Balaban J connectivity index is 0.00000192. The lowest BCUT2D eigenvalue weighted by atomic mass is 9.99. The predicted molar refractivity (Wildman–Crippen MR) is 92.6 cm³/mol. The zero-order valence-electron chi connectivity index (χ0n) is 13.2. The Labute approximate surface area is 144 Å². The van der Waals surface area contributed by atoms with Crippen molar-refractivity contribution < 1.29 is 13.2 Å². The molecule has 5 nitrogen and oxygen atoms in total. The second kappa shape index (κ2) is 7.83. The van der Waals surface area contributed by atoms with Crippen molar-refractivity contribution in [3.05, 3.63) is 23.8 Å². The maximum absolute atomic E-state index is 12.6. The minimum atomic E-state index is -3.53. The van der Waals surface area contributed by atoms with Gasteiger partial charge in [0.2, 0.25) is 10.0 Å². The van der Waals surface area contributed by atoms with E-state index in [4.69, 9.17) is 10.5 Å². The molecule has 7 heteroatoms. The number of hydrogen-bond acceptors (Lipinski definition) is 4. The highest BCUT2D eigenvalue weighted by Crippen LogP contribution is 2.30. The Bertz CT molecular complexity index is 630. The van der Waals surface area contributed by atoms with E-state index in [1.165, 1.54) is 12.8 Å². The minimum Gasteiger partial charge on any atom is -0.493 e. The molecule has 1 aromatic rings. The molecule has 23 heavy (non-hydrogen) atoms. The standard InChI is InChI=1S/C16H24N2O3S.ClH/c17-11-15(12-4-1-2-5-12)18-22(19,20)14-7-8-16-13(10-14)6-3-9-21-16;/h7-8,10,12,15,18H,1-6,9,11,17H2;1H. The van der Waals surface area contributed by atoms with E-state index in [-0.39, 0.29) is 18.4 Å². The van der Waals surface area contributed by atoms with Gasteiger partial charge in [-0.2, -0.15) is 0 Å². The van der Waals surface area contributed by atoms with Crippen LogP contribution in [0.1, 0.15) is 37.7 Å². The summed E-state index contributed by atoms with van der Waals surface area (Å²) in [5, 5.41) is 0. The van der Waals surface area contributed by atoms with Crippen LogP contribution in [0.4, 0.5) is 0 Å². The van der Waals surface area contributed by atoms with Crippen molar-refractivity contribution in [2.45, 2.75) is 49.5 Å². The number of sulfonamides is 1. The molecule has 130 valence electrons. The topological polar surface area (TPSA) is 81.4 Å². The molecule has 1 aliphatic heterocycles. The Morgan fingerprint density at radius 1 is 1.26 bits per heavy atom. The van der Waals surface area contributed by atoms with Crippen LogP contribution in [0, 0.1) is 5.92 Å². The molecule has 0 spiro atoms. The normalized spacial score (nSPS) is 19.5. The van der Waals surface area contributed by atoms with Crippen LogP contribution < -0.4 is 15.2 Å². The van der Waals surface area contributed by atoms with Crippen molar-refractivity contribution >= 4 is 22.4 Å². The van der Waals surface area contributed by atoms with Gasteiger partial charge in [-0.05, 0) is 55.4 Å². The highest BCUT2D eigenvalue weighted by molar-refractivity contribution is 7.89. The molecule has 3 N–H and O–H groups in total. The van der Waals surface area contributed by atoms with Gasteiger partial charge in [-0.3, -0.25) is 0 Å². The third-order valence-electron chi connectivity index (χ3n) is 4.72. The molecule has 1 aromatic carbocycles. The molecule has 0 bridgehead atoms. The van der Waals surface area contributed by atoms with E-state index in [0.29, 0.717) is 24.0 Å². The Hall–Kier alpha value is -0.820. The van der Waals surface area contributed by atoms with Gasteiger partial charge >= 0.3 is 0 Å². The third kappa shape index (κ3) is 4.18. The summed E-state index contributed by atoms with van der Waals surface area (Å²) >= 11 is 0. The van der Waals surface area contributed by atoms with Gasteiger partial charge < -0.3 is 10.5 Å². The SMILES string of the molecule is Cl.NCC(NS(=O)(=O)c1ccc2c(c1)CCCO2)C1CCCC1. The lowest BCUT2D eigenvalue weighted by Crippen LogP contribution is -2.44. The Morgan fingerprint density at radius 3 is 2.70 bits per heavy atom. The largest absolute Gasteiger partial charge is 0.493 e. The average molecular weight is 361 g/mol. The van der Waals surface area contributed by atoms with Crippen LogP contribution in [0.3, 0.4) is 0 Å². The van der Waals surface area contributed by atoms with E-state index >= 15 is 0 Å². The van der Waals surface area contributed by atoms with Gasteiger partial charge in [0.05, 0.1) is 11.5 Å². The molecule has 3 rings (SSSR count). The Morgan fingerprint density at radius 2 is 2.00 bits per heavy atom. The Kier molecular flexibility index (Phi) is 6.31. The number of rotatable bonds is 5. The first kappa shape index (κ1) is 18.5. The predicted octanol–water partition coefficient (Wildman–Crippen LogP) is 2.23. The number of hydrogen-bond donors (Lipinski definition) is 2. The second-order valence-corrected chi connectivity index (χ2v) is 7.94. The summed E-state index contributed by atoms with van der Waals surface area (Å²) in [5.74, 6) is 1.16. The van der Waals surface area contributed by atoms with Crippen LogP contribution in [0.15, 0.2) is 23.1 Å². The minimum absolute atomic E-state index is 0. The number of benzene rings is 1. The molecule has 0 saturated heterocycles. The van der Waals surface area contributed by atoms with Crippen LogP contribution >= 0.6 is 12.4 Å². The summed E-state index contributed by atoms with van der Waals surface area (Å²) in [7, 11) is -3.53. The van der Waals surface area contributed by atoms with Crippen molar-refractivity contribution in [3.8, 4) is 5.75 Å². The molecule has 1 unspecified atom stereocenters. The highest BCUT2D eigenvalue weighted by atomic mass is 35.5. The van der Waals surface area contributed by atoms with Crippen LogP contribution in [-0.4, -0.2) is 27.6 Å². The van der Waals surface area contributed by atoms with Crippen molar-refractivity contribution in [2.75, 3.05) is 13.2 Å². The van der Waals surface area contributed by atoms with E-state index < -0.39 is 10.0 Å². The zero-order chi connectivity index (χ0) is 15.6. The van der Waals surface area contributed by atoms with Crippen molar-refractivity contribution in [2.24, 2.45) is 11.7 Å². The smallest absolute Gasteiger partial charge is 0.240 e. The molecule has 1 saturated carbocycles. The van der Waals surface area contributed by atoms with Gasteiger partial charge in [0.25, 0.3) is 0 Å². The van der Waals surface area contributed by atoms with Gasteiger partial charge in [0.15, 0.2) is 0 Å². The molecule has 1 atom stereocenters. The molecular weight excluding hydrogens is 336 g/mol. The number of fused-ring (bicyclic) bond motifs is 1. The van der Waals surface area contributed by atoms with E-state index in [1.807, 2.05) is 0 Å². The van der Waals surface area contributed by atoms with Crippen molar-refractivity contribution in [3.63, 3.8) is 0 Å². The monoisotopic (exact) mass is 360 g/mol. The van der Waals surface area contributed by atoms with Gasteiger partial charge in [-0.15, -0.1) is 12.4 Å². The first-order valence-corrected chi connectivity index (χ1v) is 9.56. The number of nitrogens with one attached hydrogen (secondary N) is 1. The summed E-state index contributed by atoms with van der Waals surface area (Å²) in [6, 6.07) is 4.95. The molecule has 0 radical (unpaired) electrons. The quantitative estimate of drug-likeness (QED) is 0.843.